The van der Waals surface area contributed by atoms with E-state index >= 15 is 0 Å². The lowest BCUT2D eigenvalue weighted by Crippen LogP contribution is -2.36. The van der Waals surface area contributed by atoms with Crippen LogP contribution < -0.4 is 0 Å². The largest absolute Gasteiger partial charge is 0.504 e. The first-order chi connectivity index (χ1) is 12.9. The van der Waals surface area contributed by atoms with E-state index in [1.165, 1.54) is 23.2 Å². The summed E-state index contributed by atoms with van der Waals surface area (Å²) in [5.74, 6) is -0.863. The Morgan fingerprint density at radius 1 is 1.22 bits per heavy atom. The Morgan fingerprint density at radius 2 is 1.96 bits per heavy atom. The minimum Gasteiger partial charge on any atom is -0.504 e. The summed E-state index contributed by atoms with van der Waals surface area (Å²) < 4.78 is 0. The molecular formula is C19H19N3O5. The van der Waals surface area contributed by atoms with Crippen molar-refractivity contribution in [2.24, 2.45) is 11.0 Å². The molecule has 8 heteroatoms. The topological polar surface area (TPSA) is 116 Å². The maximum absolute atomic E-state index is 12.5. The average Bonchev–Trinajstić information content (AvgIpc) is 2.65. The second-order valence-electron chi connectivity index (χ2n) is 6.34. The van der Waals surface area contributed by atoms with E-state index in [1.807, 2.05) is 6.92 Å². The first-order valence-electron chi connectivity index (χ1n) is 8.54. The Labute approximate surface area is 155 Å². The van der Waals surface area contributed by atoms with Crippen molar-refractivity contribution in [3.63, 3.8) is 0 Å². The number of carbonyl (C=O) groups excluding carboxylic acids is 1. The number of nitro groups is 1. The van der Waals surface area contributed by atoms with Crippen molar-refractivity contribution in [3.05, 3.63) is 63.7 Å². The Kier molecular flexibility index (Phi) is 5.07. The molecule has 1 unspecified atom stereocenters. The molecule has 1 heterocycles. The highest BCUT2D eigenvalue weighted by molar-refractivity contribution is 6.06. The molecule has 1 atom stereocenters. The van der Waals surface area contributed by atoms with Gasteiger partial charge < -0.3 is 10.2 Å². The van der Waals surface area contributed by atoms with Gasteiger partial charge in [-0.1, -0.05) is 25.1 Å². The van der Waals surface area contributed by atoms with Crippen molar-refractivity contribution in [2.75, 3.05) is 0 Å². The van der Waals surface area contributed by atoms with Crippen LogP contribution in [0.15, 0.2) is 47.6 Å². The SMILES string of the molecule is CCC1CC(=O)N(Cc2ccccc2[N+](=O)[O-])N=C1c1ccc(O)c(O)c1. The van der Waals surface area contributed by atoms with E-state index in [2.05, 4.69) is 5.10 Å². The highest BCUT2D eigenvalue weighted by Gasteiger charge is 2.30. The fourth-order valence-electron chi connectivity index (χ4n) is 3.10. The third-order valence-corrected chi connectivity index (χ3v) is 4.60. The second-order valence-corrected chi connectivity index (χ2v) is 6.34. The van der Waals surface area contributed by atoms with E-state index in [0.717, 1.165) is 0 Å². The number of hydrogen-bond donors (Lipinski definition) is 2. The van der Waals surface area contributed by atoms with Gasteiger partial charge in [0.15, 0.2) is 11.5 Å². The number of benzene rings is 2. The molecule has 0 saturated carbocycles. The third-order valence-electron chi connectivity index (χ3n) is 4.60. The number of para-hydroxylation sites is 1. The van der Waals surface area contributed by atoms with Crippen LogP contribution in [0.4, 0.5) is 5.69 Å². The van der Waals surface area contributed by atoms with Gasteiger partial charge in [0.1, 0.15) is 0 Å². The average molecular weight is 369 g/mol. The second kappa shape index (κ2) is 7.45. The molecule has 1 aliphatic rings. The Balaban J connectivity index is 1.99. The number of hydrogen-bond acceptors (Lipinski definition) is 6. The molecule has 1 aliphatic heterocycles. The Morgan fingerprint density at radius 3 is 2.63 bits per heavy atom. The number of nitrogens with zero attached hydrogens (tertiary/aromatic N) is 3. The van der Waals surface area contributed by atoms with E-state index in [-0.39, 0.29) is 42.0 Å². The molecule has 2 N–H and O–H groups in total. The molecular weight excluding hydrogens is 350 g/mol. The van der Waals surface area contributed by atoms with Gasteiger partial charge in [-0.3, -0.25) is 14.9 Å². The van der Waals surface area contributed by atoms with Crippen molar-refractivity contribution in [2.45, 2.75) is 26.3 Å². The predicted octanol–water partition coefficient (Wildman–Crippen LogP) is 3.17. The molecule has 0 aliphatic carbocycles. The van der Waals surface area contributed by atoms with Gasteiger partial charge in [-0.2, -0.15) is 5.10 Å². The van der Waals surface area contributed by atoms with Gasteiger partial charge in [-0.15, -0.1) is 0 Å². The summed E-state index contributed by atoms with van der Waals surface area (Å²) in [6.07, 6.45) is 0.892. The molecule has 3 rings (SSSR count). The summed E-state index contributed by atoms with van der Waals surface area (Å²) in [4.78, 5) is 23.2. The first kappa shape index (κ1) is 18.4. The number of rotatable bonds is 5. The summed E-state index contributed by atoms with van der Waals surface area (Å²) in [5, 5.41) is 36.2. The molecule has 2 aromatic rings. The molecule has 0 radical (unpaired) electrons. The monoisotopic (exact) mass is 369 g/mol. The quantitative estimate of drug-likeness (QED) is 0.477. The highest BCUT2D eigenvalue weighted by Crippen LogP contribution is 2.31. The number of amides is 1. The van der Waals surface area contributed by atoms with E-state index < -0.39 is 4.92 Å². The number of phenols is 2. The van der Waals surface area contributed by atoms with Gasteiger partial charge in [0.05, 0.1) is 22.7 Å². The Bertz CT molecular complexity index is 925. The van der Waals surface area contributed by atoms with Gasteiger partial charge in [-0.05, 0) is 24.6 Å². The fourth-order valence-corrected chi connectivity index (χ4v) is 3.10. The van der Waals surface area contributed by atoms with Crippen molar-refractivity contribution in [1.29, 1.82) is 0 Å². The van der Waals surface area contributed by atoms with E-state index in [4.69, 9.17) is 0 Å². The summed E-state index contributed by atoms with van der Waals surface area (Å²) in [6.45, 7) is 1.92. The smallest absolute Gasteiger partial charge is 0.274 e. The molecule has 0 saturated heterocycles. The third kappa shape index (κ3) is 3.74. The van der Waals surface area contributed by atoms with Crippen molar-refractivity contribution in [3.8, 4) is 11.5 Å². The maximum Gasteiger partial charge on any atom is 0.274 e. The number of phenolic OH excluding ortho intramolecular Hbond substituents is 2. The van der Waals surface area contributed by atoms with E-state index in [0.29, 0.717) is 23.3 Å². The minimum absolute atomic E-state index is 0.0139. The van der Waals surface area contributed by atoms with Crippen LogP contribution in [-0.4, -0.2) is 31.8 Å². The van der Waals surface area contributed by atoms with Gasteiger partial charge in [0.25, 0.3) is 5.69 Å². The zero-order chi connectivity index (χ0) is 19.6. The summed E-state index contributed by atoms with van der Waals surface area (Å²) in [6, 6.07) is 10.6. The van der Waals surface area contributed by atoms with Crippen LogP contribution in [0.2, 0.25) is 0 Å². The van der Waals surface area contributed by atoms with Gasteiger partial charge in [0, 0.05) is 24.0 Å². The molecule has 0 aromatic heterocycles. The number of nitro benzene ring substituents is 1. The normalized spacial score (nSPS) is 16.9. The summed E-state index contributed by atoms with van der Waals surface area (Å²) in [7, 11) is 0. The fraction of sp³-hybridized carbons (Fsp3) is 0.263. The lowest BCUT2D eigenvalue weighted by Gasteiger charge is -2.29. The lowest BCUT2D eigenvalue weighted by molar-refractivity contribution is -0.385. The van der Waals surface area contributed by atoms with Gasteiger partial charge >= 0.3 is 0 Å². The molecule has 140 valence electrons. The predicted molar refractivity (Wildman–Crippen MR) is 98.4 cm³/mol. The Hall–Kier alpha value is -3.42. The molecule has 8 nitrogen and oxygen atoms in total. The first-order valence-corrected chi connectivity index (χ1v) is 8.54. The minimum atomic E-state index is -0.485. The van der Waals surface area contributed by atoms with Crippen LogP contribution in [0.25, 0.3) is 0 Å². The molecule has 0 bridgehead atoms. The standard InChI is InChI=1S/C19H19N3O5/c1-2-12-10-18(25)21(11-14-5-3-4-6-15(14)22(26)27)20-19(12)13-7-8-16(23)17(24)9-13/h3-9,12,23-24H,2,10-11H2,1H3. The van der Waals surface area contributed by atoms with E-state index in [9.17, 15) is 25.1 Å². The van der Waals surface area contributed by atoms with Crippen LogP contribution in [0.3, 0.4) is 0 Å². The van der Waals surface area contributed by atoms with Crippen LogP contribution in [0.5, 0.6) is 11.5 Å². The van der Waals surface area contributed by atoms with Crippen LogP contribution in [0, 0.1) is 16.0 Å². The van der Waals surface area contributed by atoms with Gasteiger partial charge in [-0.25, -0.2) is 5.01 Å². The van der Waals surface area contributed by atoms with Crippen LogP contribution >= 0.6 is 0 Å². The number of hydrazone groups is 1. The zero-order valence-corrected chi connectivity index (χ0v) is 14.7. The van der Waals surface area contributed by atoms with Crippen molar-refractivity contribution < 1.29 is 19.9 Å². The lowest BCUT2D eigenvalue weighted by atomic mass is 9.89. The van der Waals surface area contributed by atoms with Crippen LogP contribution in [0.1, 0.15) is 30.9 Å². The van der Waals surface area contributed by atoms with Crippen molar-refractivity contribution in [1.82, 2.24) is 5.01 Å². The van der Waals surface area contributed by atoms with Crippen molar-refractivity contribution >= 4 is 17.3 Å². The molecule has 0 fully saturated rings. The number of carbonyl (C=O) groups is 1. The van der Waals surface area contributed by atoms with Crippen LogP contribution in [-0.2, 0) is 11.3 Å². The number of aromatic hydroxyl groups is 2. The molecule has 27 heavy (non-hydrogen) atoms. The summed E-state index contributed by atoms with van der Waals surface area (Å²) in [5.41, 5.74) is 1.52. The maximum atomic E-state index is 12.5. The highest BCUT2D eigenvalue weighted by atomic mass is 16.6. The molecule has 0 spiro atoms. The van der Waals surface area contributed by atoms with E-state index in [1.54, 1.807) is 24.3 Å². The van der Waals surface area contributed by atoms with Gasteiger partial charge in [0.2, 0.25) is 5.91 Å². The summed E-state index contributed by atoms with van der Waals surface area (Å²) >= 11 is 0. The zero-order valence-electron chi connectivity index (χ0n) is 14.7. The molecule has 2 aromatic carbocycles. The molecule has 1 amide bonds.